The lowest BCUT2D eigenvalue weighted by Crippen LogP contribution is -2.11. The van der Waals surface area contributed by atoms with Gasteiger partial charge in [0.05, 0.1) is 12.7 Å². The van der Waals surface area contributed by atoms with Gasteiger partial charge in [0.25, 0.3) is 0 Å². The minimum absolute atomic E-state index is 0.0183. The lowest BCUT2D eigenvalue weighted by atomic mass is 9.95. The van der Waals surface area contributed by atoms with Gasteiger partial charge in [-0.05, 0) is 37.1 Å². The predicted octanol–water partition coefficient (Wildman–Crippen LogP) is 2.39. The Labute approximate surface area is 111 Å². The summed E-state index contributed by atoms with van der Waals surface area (Å²) in [6.07, 6.45) is 0. The van der Waals surface area contributed by atoms with E-state index in [1.165, 1.54) is 21.0 Å². The van der Waals surface area contributed by atoms with Crippen molar-refractivity contribution in [1.29, 1.82) is 0 Å². The number of carbonyl (C=O) groups is 2. The van der Waals surface area contributed by atoms with E-state index in [9.17, 15) is 14.5 Å². The molecule has 0 heterocycles. The van der Waals surface area contributed by atoms with E-state index in [1.54, 1.807) is 24.3 Å². The molecule has 0 amide bonds. The van der Waals surface area contributed by atoms with E-state index in [2.05, 4.69) is 5.18 Å². The third-order valence-electron chi connectivity index (χ3n) is 2.67. The van der Waals surface area contributed by atoms with Crippen molar-refractivity contribution in [2.75, 3.05) is 13.7 Å². The molecular weight excluding hydrogens is 246 g/mol. The molecule has 0 unspecified atom stereocenters. The summed E-state index contributed by atoms with van der Waals surface area (Å²) in [5.74, 6) is -0.0988. The third kappa shape index (κ3) is 3.58. The van der Waals surface area contributed by atoms with Crippen LogP contribution in [-0.2, 0) is 9.59 Å². The number of rotatable bonds is 6. The molecule has 19 heavy (non-hydrogen) atoms. The second-order valence-electron chi connectivity index (χ2n) is 3.98. The summed E-state index contributed by atoms with van der Waals surface area (Å²) in [5.41, 5.74) is 0.975. The number of Topliss-reactive ketones (excluding diaryl/α,β-unsaturated/α-hetero) is 2. The normalized spacial score (nSPS) is 9.63. The van der Waals surface area contributed by atoms with Gasteiger partial charge in [0.1, 0.15) is 12.3 Å². The minimum atomic E-state index is -0.373. The van der Waals surface area contributed by atoms with Crippen LogP contribution in [0.2, 0.25) is 0 Å². The number of methoxy groups -OCH3 is 1. The Kier molecular flexibility index (Phi) is 5.11. The standard InChI is InChI=1S/C14H15NO4/c1-9(16)14(10(2)17)13(8-15-18)11-4-6-12(19-3)7-5-11/h4-7H,8H2,1-3H3. The van der Waals surface area contributed by atoms with Crippen LogP contribution in [0.1, 0.15) is 19.4 Å². The molecule has 5 heteroatoms. The molecule has 0 saturated heterocycles. The van der Waals surface area contributed by atoms with Crippen molar-refractivity contribution in [2.24, 2.45) is 5.18 Å². The first-order chi connectivity index (χ1) is 9.01. The molecular formula is C14H15NO4. The van der Waals surface area contributed by atoms with Crippen molar-refractivity contribution in [3.8, 4) is 5.75 Å². The summed E-state index contributed by atoms with van der Waals surface area (Å²) in [5, 5.41) is 2.80. The number of allylic oxidation sites excluding steroid dienone is 1. The zero-order valence-corrected chi connectivity index (χ0v) is 11.1. The Morgan fingerprint density at radius 3 is 2.00 bits per heavy atom. The first-order valence-electron chi connectivity index (χ1n) is 5.69. The van der Waals surface area contributed by atoms with Gasteiger partial charge in [-0.1, -0.05) is 17.3 Å². The number of nitroso groups, excluding NO2 is 1. The molecule has 0 aliphatic rings. The Bertz CT molecular complexity index is 513. The van der Waals surface area contributed by atoms with Crippen LogP contribution in [0.15, 0.2) is 35.0 Å². The summed E-state index contributed by atoms with van der Waals surface area (Å²) in [6.45, 7) is 2.37. The molecule has 0 bridgehead atoms. The second kappa shape index (κ2) is 6.58. The fourth-order valence-corrected chi connectivity index (χ4v) is 1.84. The van der Waals surface area contributed by atoms with Crippen molar-refractivity contribution >= 4 is 17.1 Å². The van der Waals surface area contributed by atoms with Gasteiger partial charge in [0.2, 0.25) is 0 Å². The predicted molar refractivity (Wildman–Crippen MR) is 71.9 cm³/mol. The van der Waals surface area contributed by atoms with Crippen LogP contribution in [-0.4, -0.2) is 25.2 Å². The Morgan fingerprint density at radius 1 is 1.11 bits per heavy atom. The van der Waals surface area contributed by atoms with Gasteiger partial charge < -0.3 is 4.74 Å². The summed E-state index contributed by atoms with van der Waals surface area (Å²) in [7, 11) is 1.54. The van der Waals surface area contributed by atoms with E-state index in [0.717, 1.165) is 0 Å². The molecule has 0 aromatic heterocycles. The summed E-state index contributed by atoms with van der Waals surface area (Å²) >= 11 is 0. The van der Waals surface area contributed by atoms with Gasteiger partial charge in [-0.25, -0.2) is 0 Å². The maximum atomic E-state index is 11.6. The molecule has 0 atom stereocenters. The van der Waals surface area contributed by atoms with E-state index in [0.29, 0.717) is 16.9 Å². The molecule has 0 aliphatic carbocycles. The second-order valence-corrected chi connectivity index (χ2v) is 3.98. The van der Waals surface area contributed by atoms with Crippen LogP contribution in [0.4, 0.5) is 0 Å². The zero-order chi connectivity index (χ0) is 14.4. The number of benzene rings is 1. The molecule has 0 aliphatic heterocycles. The van der Waals surface area contributed by atoms with Crippen molar-refractivity contribution in [1.82, 2.24) is 0 Å². The quantitative estimate of drug-likeness (QED) is 0.341. The third-order valence-corrected chi connectivity index (χ3v) is 2.67. The first-order valence-corrected chi connectivity index (χ1v) is 5.69. The van der Waals surface area contributed by atoms with E-state index in [4.69, 9.17) is 4.74 Å². The van der Waals surface area contributed by atoms with Crippen LogP contribution in [0.25, 0.3) is 5.57 Å². The summed E-state index contributed by atoms with van der Waals surface area (Å²) in [4.78, 5) is 33.6. The average molecular weight is 261 g/mol. The van der Waals surface area contributed by atoms with Gasteiger partial charge in [-0.15, -0.1) is 0 Å². The largest absolute Gasteiger partial charge is 0.497 e. The van der Waals surface area contributed by atoms with Crippen molar-refractivity contribution in [2.45, 2.75) is 13.8 Å². The average Bonchev–Trinajstić information content (AvgIpc) is 2.37. The van der Waals surface area contributed by atoms with Gasteiger partial charge in [0, 0.05) is 0 Å². The molecule has 0 fully saturated rings. The van der Waals surface area contributed by atoms with E-state index in [1.807, 2.05) is 0 Å². The minimum Gasteiger partial charge on any atom is -0.497 e. The fraction of sp³-hybridized carbons (Fsp3) is 0.286. The molecule has 1 aromatic carbocycles. The zero-order valence-electron chi connectivity index (χ0n) is 11.1. The molecule has 1 rings (SSSR count). The van der Waals surface area contributed by atoms with Crippen LogP contribution < -0.4 is 4.74 Å². The molecule has 100 valence electrons. The highest BCUT2D eigenvalue weighted by Crippen LogP contribution is 2.23. The Morgan fingerprint density at radius 2 is 1.63 bits per heavy atom. The van der Waals surface area contributed by atoms with Crippen LogP contribution >= 0.6 is 0 Å². The van der Waals surface area contributed by atoms with E-state index < -0.39 is 0 Å². The van der Waals surface area contributed by atoms with E-state index in [-0.39, 0.29) is 23.7 Å². The lowest BCUT2D eigenvalue weighted by Gasteiger charge is -2.09. The molecule has 0 N–H and O–H groups in total. The molecule has 0 spiro atoms. The van der Waals surface area contributed by atoms with Crippen LogP contribution in [0.5, 0.6) is 5.75 Å². The number of ether oxygens (including phenoxy) is 1. The highest BCUT2D eigenvalue weighted by Gasteiger charge is 2.18. The molecule has 1 aromatic rings. The van der Waals surface area contributed by atoms with Gasteiger partial charge >= 0.3 is 0 Å². The Balaban J connectivity index is 3.39. The van der Waals surface area contributed by atoms with Crippen molar-refractivity contribution in [3.63, 3.8) is 0 Å². The Hall–Kier alpha value is -2.30. The van der Waals surface area contributed by atoms with Gasteiger partial charge in [0.15, 0.2) is 11.6 Å². The van der Waals surface area contributed by atoms with Crippen LogP contribution in [0, 0.1) is 4.91 Å². The number of carbonyl (C=O) groups excluding carboxylic acids is 2. The topological polar surface area (TPSA) is 72.8 Å². The van der Waals surface area contributed by atoms with Crippen molar-refractivity contribution in [3.05, 3.63) is 40.3 Å². The van der Waals surface area contributed by atoms with Gasteiger partial charge in [-0.2, -0.15) is 4.91 Å². The molecule has 0 radical (unpaired) electrons. The summed E-state index contributed by atoms with van der Waals surface area (Å²) < 4.78 is 5.03. The molecule has 0 saturated carbocycles. The number of ketones is 2. The number of hydrogen-bond acceptors (Lipinski definition) is 5. The highest BCUT2D eigenvalue weighted by atomic mass is 16.5. The molecule has 5 nitrogen and oxygen atoms in total. The number of hydrogen-bond donors (Lipinski definition) is 0. The first kappa shape index (κ1) is 14.8. The monoisotopic (exact) mass is 261 g/mol. The fourth-order valence-electron chi connectivity index (χ4n) is 1.84. The highest BCUT2D eigenvalue weighted by molar-refractivity contribution is 6.23. The van der Waals surface area contributed by atoms with E-state index >= 15 is 0 Å². The number of nitrogens with zero attached hydrogens (tertiary/aromatic N) is 1. The van der Waals surface area contributed by atoms with Crippen molar-refractivity contribution < 1.29 is 14.3 Å². The lowest BCUT2D eigenvalue weighted by molar-refractivity contribution is -0.119. The maximum absolute atomic E-state index is 11.6. The summed E-state index contributed by atoms with van der Waals surface area (Å²) in [6, 6.07) is 6.76. The smallest absolute Gasteiger partial charge is 0.163 e. The maximum Gasteiger partial charge on any atom is 0.163 e. The van der Waals surface area contributed by atoms with Crippen LogP contribution in [0.3, 0.4) is 0 Å². The van der Waals surface area contributed by atoms with Gasteiger partial charge in [-0.3, -0.25) is 9.59 Å². The SMILES string of the molecule is COc1ccc(C(CN=O)=C(C(C)=O)C(C)=O)cc1.